The topological polar surface area (TPSA) is 70.2 Å². The molecule has 3 N–H and O–H groups in total. The van der Waals surface area contributed by atoms with Crippen LogP contribution < -0.4 is 10.1 Å². The summed E-state index contributed by atoms with van der Waals surface area (Å²) in [7, 11) is 0. The number of rotatable bonds is 8. The molecule has 0 spiro atoms. The molecule has 2 aromatic heterocycles. The zero-order valence-corrected chi connectivity index (χ0v) is 19.2. The summed E-state index contributed by atoms with van der Waals surface area (Å²) in [4.78, 5) is 6.12. The van der Waals surface area contributed by atoms with Crippen LogP contribution in [0, 0.1) is 0 Å². The minimum atomic E-state index is -4.64. The zero-order valence-electron chi connectivity index (χ0n) is 18.4. The maximum Gasteiger partial charge on any atom is 0.433 e. The number of H-pyrrole nitrogens is 1. The molecule has 0 fully saturated rings. The lowest BCUT2D eigenvalue weighted by atomic mass is 9.76. The van der Waals surface area contributed by atoms with Gasteiger partial charge >= 0.3 is 6.18 Å². The van der Waals surface area contributed by atoms with Crippen molar-refractivity contribution in [3.63, 3.8) is 0 Å². The number of alkyl halides is 6. The largest absolute Gasteiger partial charge is 0.493 e. The average Bonchev–Trinajstić information content (AvgIpc) is 3.42. The van der Waals surface area contributed by atoms with Crippen molar-refractivity contribution in [1.82, 2.24) is 15.3 Å². The number of aliphatic hydroxyl groups is 1. The number of aromatic amines is 1. The summed E-state index contributed by atoms with van der Waals surface area (Å²) in [6.07, 6.45) is -7.16. The van der Waals surface area contributed by atoms with Crippen LogP contribution in [0.3, 0.4) is 0 Å². The van der Waals surface area contributed by atoms with Crippen LogP contribution in [0.5, 0.6) is 5.75 Å². The molecule has 3 heterocycles. The van der Waals surface area contributed by atoms with Crippen molar-refractivity contribution < 1.29 is 36.2 Å². The summed E-state index contributed by atoms with van der Waals surface area (Å²) in [6.45, 7) is 0.290. The van der Waals surface area contributed by atoms with Crippen LogP contribution in [0.15, 0.2) is 30.5 Å². The number of nitrogens with zero attached hydrogens (tertiary/aromatic N) is 1. The lowest BCUT2D eigenvalue weighted by molar-refractivity contribution is -0.141. The van der Waals surface area contributed by atoms with E-state index in [-0.39, 0.29) is 28.7 Å². The molecule has 0 radical (unpaired) electrons. The van der Waals surface area contributed by atoms with E-state index < -0.39 is 42.5 Å². The second-order valence-electron chi connectivity index (χ2n) is 8.94. The van der Waals surface area contributed by atoms with Crippen LogP contribution in [-0.4, -0.2) is 40.5 Å². The fraction of sp³-hybridized carbons (Fsp3) is 0.435. The van der Waals surface area contributed by atoms with Gasteiger partial charge in [-0.05, 0) is 29.8 Å². The highest BCUT2D eigenvalue weighted by atomic mass is 35.5. The van der Waals surface area contributed by atoms with Crippen molar-refractivity contribution in [2.45, 2.75) is 50.1 Å². The average molecular weight is 522 g/mol. The molecule has 2 unspecified atom stereocenters. The van der Waals surface area contributed by atoms with Gasteiger partial charge in [-0.25, -0.2) is 13.8 Å². The van der Waals surface area contributed by atoms with Crippen LogP contribution >= 0.6 is 11.6 Å². The maximum absolute atomic E-state index is 14.4. The number of hydrogen-bond donors (Lipinski definition) is 3. The Morgan fingerprint density at radius 2 is 1.97 bits per heavy atom. The summed E-state index contributed by atoms with van der Waals surface area (Å²) >= 11 is 6.16. The lowest BCUT2D eigenvalue weighted by Crippen LogP contribution is -2.55. The first-order valence-corrected chi connectivity index (χ1v) is 11.0. The van der Waals surface area contributed by atoms with Crippen LogP contribution in [-0.2, 0) is 24.6 Å². The van der Waals surface area contributed by atoms with Crippen LogP contribution in [0.4, 0.5) is 26.3 Å². The lowest BCUT2D eigenvalue weighted by Gasteiger charge is -2.38. The standard InChI is InChI=1S/C23H22ClF6N3O2/c1-21(11-25,16-7-14(24)4-12-2-3-35-19(12)16)10-22(34,20(26)27)32-8-15-5-13-6-18(23(28,29)30)31-9-17(13)33-15/h4-7,9,20,32-34H,2-3,8,10-11H2,1H3. The number of aromatic nitrogens is 2. The van der Waals surface area contributed by atoms with E-state index in [4.69, 9.17) is 16.3 Å². The van der Waals surface area contributed by atoms with Crippen molar-refractivity contribution >= 4 is 22.5 Å². The van der Waals surface area contributed by atoms with E-state index in [1.807, 2.05) is 0 Å². The third kappa shape index (κ3) is 5.07. The number of fused-ring (bicyclic) bond motifs is 2. The number of benzene rings is 1. The predicted octanol–water partition coefficient (Wildman–Crippen LogP) is 5.53. The molecule has 2 atom stereocenters. The SMILES string of the molecule is CC(CF)(CC(O)(NCc1cc2cc(C(F)(F)F)ncc2[nH]1)C(F)F)c1cc(Cl)cc2c1OCC2. The van der Waals surface area contributed by atoms with Gasteiger partial charge in [-0.3, -0.25) is 9.71 Å². The second-order valence-corrected chi connectivity index (χ2v) is 9.38. The molecule has 35 heavy (non-hydrogen) atoms. The Kier molecular flexibility index (Phi) is 6.71. The van der Waals surface area contributed by atoms with Gasteiger partial charge < -0.3 is 14.8 Å². The Bertz CT molecular complexity index is 1230. The summed E-state index contributed by atoms with van der Waals surface area (Å²) < 4.78 is 86.8. The van der Waals surface area contributed by atoms with E-state index in [2.05, 4.69) is 15.3 Å². The molecule has 1 aliphatic heterocycles. The molecule has 0 amide bonds. The first-order chi connectivity index (χ1) is 16.3. The van der Waals surface area contributed by atoms with Crippen molar-refractivity contribution in [2.75, 3.05) is 13.3 Å². The molecule has 0 aliphatic carbocycles. The van der Waals surface area contributed by atoms with Gasteiger partial charge in [0.05, 0.1) is 25.0 Å². The van der Waals surface area contributed by atoms with Gasteiger partial charge in [-0.2, -0.15) is 13.2 Å². The molecular weight excluding hydrogens is 500 g/mol. The molecule has 4 rings (SSSR count). The molecule has 190 valence electrons. The smallest absolute Gasteiger partial charge is 0.433 e. The molecule has 12 heteroatoms. The fourth-order valence-corrected chi connectivity index (χ4v) is 4.57. The number of ether oxygens (including phenoxy) is 1. The van der Waals surface area contributed by atoms with Crippen molar-refractivity contribution in [3.8, 4) is 5.75 Å². The van der Waals surface area contributed by atoms with Gasteiger partial charge in [0.1, 0.15) is 11.4 Å². The molecule has 0 saturated heterocycles. The first kappa shape index (κ1) is 25.6. The molecule has 1 aromatic carbocycles. The van der Waals surface area contributed by atoms with Crippen LogP contribution in [0.1, 0.15) is 35.9 Å². The summed E-state index contributed by atoms with van der Waals surface area (Å²) in [5.41, 5.74) is -4.01. The minimum Gasteiger partial charge on any atom is -0.493 e. The quantitative estimate of drug-likeness (QED) is 0.269. The van der Waals surface area contributed by atoms with Gasteiger partial charge in [-0.15, -0.1) is 0 Å². The van der Waals surface area contributed by atoms with Gasteiger partial charge in [0.2, 0.25) is 0 Å². The minimum absolute atomic E-state index is 0.171. The number of nitrogens with one attached hydrogen (secondary N) is 2. The predicted molar refractivity (Wildman–Crippen MR) is 117 cm³/mol. The van der Waals surface area contributed by atoms with Gasteiger partial charge in [0.25, 0.3) is 6.43 Å². The van der Waals surface area contributed by atoms with Gasteiger partial charge in [-0.1, -0.05) is 18.5 Å². The molecule has 0 bridgehead atoms. The van der Waals surface area contributed by atoms with Crippen LogP contribution in [0.25, 0.3) is 10.9 Å². The van der Waals surface area contributed by atoms with Gasteiger partial charge in [0.15, 0.2) is 5.72 Å². The Labute approximate surface area is 201 Å². The van der Waals surface area contributed by atoms with Crippen molar-refractivity contribution in [2.24, 2.45) is 0 Å². The zero-order chi connectivity index (χ0) is 25.6. The Morgan fingerprint density at radius 1 is 1.23 bits per heavy atom. The van der Waals surface area contributed by atoms with E-state index in [0.717, 1.165) is 17.8 Å². The Hall–Kier alpha value is -2.50. The number of hydrogen-bond acceptors (Lipinski definition) is 4. The van der Waals surface area contributed by atoms with Gasteiger partial charge in [0, 0.05) is 46.5 Å². The molecule has 0 saturated carbocycles. The summed E-state index contributed by atoms with van der Waals surface area (Å²) in [5.74, 6) is 0.370. The van der Waals surface area contributed by atoms with E-state index >= 15 is 0 Å². The van der Waals surface area contributed by atoms with E-state index in [1.165, 1.54) is 19.1 Å². The Morgan fingerprint density at radius 3 is 2.63 bits per heavy atom. The van der Waals surface area contributed by atoms with Crippen molar-refractivity contribution in [3.05, 3.63) is 58.0 Å². The highest BCUT2D eigenvalue weighted by molar-refractivity contribution is 6.30. The summed E-state index contributed by atoms with van der Waals surface area (Å²) in [5, 5.41) is 13.7. The normalized spacial score (nSPS) is 17.3. The first-order valence-electron chi connectivity index (χ1n) is 10.7. The second kappa shape index (κ2) is 9.18. The van der Waals surface area contributed by atoms with E-state index in [1.54, 1.807) is 6.07 Å². The maximum atomic E-state index is 14.4. The van der Waals surface area contributed by atoms with Crippen LogP contribution in [0.2, 0.25) is 5.02 Å². The molecule has 3 aromatic rings. The van der Waals surface area contributed by atoms with Crippen molar-refractivity contribution in [1.29, 1.82) is 0 Å². The monoisotopic (exact) mass is 521 g/mol. The van der Waals surface area contributed by atoms with E-state index in [0.29, 0.717) is 23.8 Å². The third-order valence-corrected chi connectivity index (χ3v) is 6.37. The highest BCUT2D eigenvalue weighted by Crippen LogP contribution is 2.44. The summed E-state index contributed by atoms with van der Waals surface area (Å²) in [6, 6.07) is 5.27. The number of pyridine rings is 1. The third-order valence-electron chi connectivity index (χ3n) is 6.15. The fourth-order valence-electron chi connectivity index (χ4n) is 4.33. The highest BCUT2D eigenvalue weighted by Gasteiger charge is 2.46. The molecule has 1 aliphatic rings. The Balaban J connectivity index is 1.59. The molecule has 5 nitrogen and oxygen atoms in total. The number of halogens is 7. The molecular formula is C23H22ClF6N3O2. The van der Waals surface area contributed by atoms with E-state index in [9.17, 15) is 31.4 Å².